The second-order valence-electron chi connectivity index (χ2n) is 5.18. The predicted molar refractivity (Wildman–Crippen MR) is 80.1 cm³/mol. The Hall–Kier alpha value is -2.43. The summed E-state index contributed by atoms with van der Waals surface area (Å²) < 4.78 is 6.02. The maximum absolute atomic E-state index is 12.3. The van der Waals surface area contributed by atoms with Gasteiger partial charge in [0.1, 0.15) is 5.56 Å². The van der Waals surface area contributed by atoms with Gasteiger partial charge in [-0.15, -0.1) is 0 Å². The maximum Gasteiger partial charge on any atom is 0.343 e. The van der Waals surface area contributed by atoms with E-state index in [9.17, 15) is 9.59 Å². The molecule has 21 heavy (non-hydrogen) atoms. The molecule has 5 nitrogen and oxygen atoms in total. The number of rotatable bonds is 4. The Kier molecular flexibility index (Phi) is 4.52. The van der Waals surface area contributed by atoms with Crippen molar-refractivity contribution in [2.24, 2.45) is 5.92 Å². The Bertz CT molecular complexity index is 690. The van der Waals surface area contributed by atoms with Crippen molar-refractivity contribution in [2.45, 2.75) is 20.4 Å². The normalized spacial score (nSPS) is 10.7. The van der Waals surface area contributed by atoms with Crippen LogP contribution < -0.4 is 5.56 Å². The van der Waals surface area contributed by atoms with Crippen LogP contribution >= 0.6 is 0 Å². The lowest BCUT2D eigenvalue weighted by atomic mass is 10.1. The molecule has 0 bridgehead atoms. The first kappa shape index (κ1) is 15.0. The number of methoxy groups -OCH3 is 1. The van der Waals surface area contributed by atoms with Crippen LogP contribution in [-0.4, -0.2) is 22.9 Å². The summed E-state index contributed by atoms with van der Waals surface area (Å²) in [7, 11) is 1.26. The molecule has 2 aromatic rings. The van der Waals surface area contributed by atoms with E-state index in [0.29, 0.717) is 12.2 Å². The van der Waals surface area contributed by atoms with Gasteiger partial charge in [0, 0.05) is 12.1 Å². The number of hydrogen-bond acceptors (Lipinski definition) is 4. The molecular formula is C16H18N2O3. The lowest BCUT2D eigenvalue weighted by Crippen LogP contribution is -2.30. The van der Waals surface area contributed by atoms with E-state index in [0.717, 1.165) is 5.56 Å². The first-order valence-electron chi connectivity index (χ1n) is 6.79. The molecule has 2 rings (SSSR count). The van der Waals surface area contributed by atoms with Crippen LogP contribution in [-0.2, 0) is 11.3 Å². The second-order valence-corrected chi connectivity index (χ2v) is 5.18. The predicted octanol–water partition coefficient (Wildman–Crippen LogP) is 2.35. The van der Waals surface area contributed by atoms with Crippen LogP contribution in [0.2, 0.25) is 0 Å². The van der Waals surface area contributed by atoms with Gasteiger partial charge < -0.3 is 4.74 Å². The van der Waals surface area contributed by atoms with E-state index in [2.05, 4.69) is 9.84 Å². The van der Waals surface area contributed by atoms with Crippen molar-refractivity contribution in [3.63, 3.8) is 0 Å². The number of carbonyl (C=O) groups is 1. The first-order valence-corrected chi connectivity index (χ1v) is 6.79. The highest BCUT2D eigenvalue weighted by Crippen LogP contribution is 2.16. The number of nitrogens with zero attached hydrogens (tertiary/aromatic N) is 2. The molecule has 0 radical (unpaired) electrons. The van der Waals surface area contributed by atoms with Crippen LogP contribution in [0.1, 0.15) is 24.2 Å². The standard InChI is InChI=1S/C16H18N2O3/c1-11(2)10-18-15(19)13(16(20)21-3)9-14(17-18)12-7-5-4-6-8-12/h4-9,11H,10H2,1-3H3. The molecular weight excluding hydrogens is 268 g/mol. The Morgan fingerprint density at radius 1 is 1.29 bits per heavy atom. The Morgan fingerprint density at radius 2 is 1.95 bits per heavy atom. The number of aromatic nitrogens is 2. The van der Waals surface area contributed by atoms with Gasteiger partial charge in [0.25, 0.3) is 5.56 Å². The van der Waals surface area contributed by atoms with Gasteiger partial charge in [-0.1, -0.05) is 44.2 Å². The third-order valence-corrected chi connectivity index (χ3v) is 2.99. The molecule has 0 unspecified atom stereocenters. The zero-order valence-electron chi connectivity index (χ0n) is 12.4. The van der Waals surface area contributed by atoms with Crippen LogP contribution in [0.5, 0.6) is 0 Å². The molecule has 0 aliphatic carbocycles. The van der Waals surface area contributed by atoms with Gasteiger partial charge in [0.2, 0.25) is 0 Å². The van der Waals surface area contributed by atoms with Crippen molar-refractivity contribution in [3.05, 3.63) is 52.3 Å². The van der Waals surface area contributed by atoms with E-state index in [-0.39, 0.29) is 11.5 Å². The summed E-state index contributed by atoms with van der Waals surface area (Å²) in [5.41, 5.74) is 1.01. The molecule has 0 spiro atoms. The maximum atomic E-state index is 12.3. The van der Waals surface area contributed by atoms with Gasteiger partial charge in [0.15, 0.2) is 0 Å². The van der Waals surface area contributed by atoms with Crippen molar-refractivity contribution in [1.29, 1.82) is 0 Å². The number of benzene rings is 1. The molecule has 1 heterocycles. The fourth-order valence-electron chi connectivity index (χ4n) is 2.02. The molecule has 0 atom stereocenters. The quantitative estimate of drug-likeness (QED) is 0.809. The van der Waals surface area contributed by atoms with E-state index in [1.165, 1.54) is 17.9 Å². The first-order chi connectivity index (χ1) is 10.0. The third kappa shape index (κ3) is 3.37. The molecule has 0 aliphatic rings. The molecule has 1 aromatic heterocycles. The summed E-state index contributed by atoms with van der Waals surface area (Å²) in [6.07, 6.45) is 0. The van der Waals surface area contributed by atoms with Crippen LogP contribution in [0.25, 0.3) is 11.3 Å². The summed E-state index contributed by atoms with van der Waals surface area (Å²) in [5.74, 6) is -0.399. The Labute approximate surface area is 123 Å². The van der Waals surface area contributed by atoms with Gasteiger partial charge in [-0.25, -0.2) is 9.48 Å². The highest BCUT2D eigenvalue weighted by molar-refractivity contribution is 5.90. The summed E-state index contributed by atoms with van der Waals surface area (Å²) in [6.45, 7) is 4.42. The fourth-order valence-corrected chi connectivity index (χ4v) is 2.02. The number of ether oxygens (including phenoxy) is 1. The summed E-state index contributed by atoms with van der Waals surface area (Å²) in [4.78, 5) is 24.1. The van der Waals surface area contributed by atoms with E-state index in [1.807, 2.05) is 44.2 Å². The Morgan fingerprint density at radius 3 is 2.52 bits per heavy atom. The molecule has 0 saturated carbocycles. The molecule has 110 valence electrons. The largest absolute Gasteiger partial charge is 0.465 e. The lowest BCUT2D eigenvalue weighted by molar-refractivity contribution is 0.0597. The van der Waals surface area contributed by atoms with E-state index in [4.69, 9.17) is 0 Å². The van der Waals surface area contributed by atoms with Gasteiger partial charge in [-0.2, -0.15) is 5.10 Å². The number of carbonyl (C=O) groups excluding carboxylic acids is 1. The monoisotopic (exact) mass is 286 g/mol. The van der Waals surface area contributed by atoms with Crippen LogP contribution in [0.3, 0.4) is 0 Å². The minimum Gasteiger partial charge on any atom is -0.465 e. The molecule has 1 aromatic carbocycles. The molecule has 0 fully saturated rings. The number of hydrogen-bond donors (Lipinski definition) is 0. The smallest absolute Gasteiger partial charge is 0.343 e. The topological polar surface area (TPSA) is 61.2 Å². The minimum atomic E-state index is -0.642. The molecule has 0 N–H and O–H groups in total. The molecule has 0 aliphatic heterocycles. The average molecular weight is 286 g/mol. The van der Waals surface area contributed by atoms with Crippen molar-refractivity contribution in [3.8, 4) is 11.3 Å². The second kappa shape index (κ2) is 6.35. The van der Waals surface area contributed by atoms with Crippen LogP contribution in [0.15, 0.2) is 41.2 Å². The van der Waals surface area contributed by atoms with Crippen molar-refractivity contribution in [1.82, 2.24) is 9.78 Å². The Balaban J connectivity index is 2.62. The SMILES string of the molecule is COC(=O)c1cc(-c2ccccc2)nn(CC(C)C)c1=O. The zero-order chi connectivity index (χ0) is 15.4. The van der Waals surface area contributed by atoms with E-state index >= 15 is 0 Å². The molecule has 0 saturated heterocycles. The van der Waals surface area contributed by atoms with Gasteiger partial charge in [0.05, 0.1) is 12.8 Å². The van der Waals surface area contributed by atoms with Crippen molar-refractivity contribution in [2.75, 3.05) is 7.11 Å². The summed E-state index contributed by atoms with van der Waals surface area (Å²) in [6, 6.07) is 10.9. The number of esters is 1. The average Bonchev–Trinajstić information content (AvgIpc) is 2.49. The van der Waals surface area contributed by atoms with Gasteiger partial charge in [-0.3, -0.25) is 4.79 Å². The van der Waals surface area contributed by atoms with E-state index < -0.39 is 11.5 Å². The van der Waals surface area contributed by atoms with E-state index in [1.54, 1.807) is 0 Å². The van der Waals surface area contributed by atoms with Crippen LogP contribution in [0, 0.1) is 5.92 Å². The van der Waals surface area contributed by atoms with Crippen LogP contribution in [0.4, 0.5) is 0 Å². The van der Waals surface area contributed by atoms with Crippen molar-refractivity contribution >= 4 is 5.97 Å². The highest BCUT2D eigenvalue weighted by Gasteiger charge is 2.17. The molecule has 0 amide bonds. The van der Waals surface area contributed by atoms with Crippen molar-refractivity contribution < 1.29 is 9.53 Å². The van der Waals surface area contributed by atoms with Gasteiger partial charge >= 0.3 is 5.97 Å². The fraction of sp³-hybridized carbons (Fsp3) is 0.312. The highest BCUT2D eigenvalue weighted by atomic mass is 16.5. The van der Waals surface area contributed by atoms with Gasteiger partial charge in [-0.05, 0) is 12.0 Å². The summed E-state index contributed by atoms with van der Waals surface area (Å²) in [5, 5.41) is 4.36. The summed E-state index contributed by atoms with van der Waals surface area (Å²) >= 11 is 0. The molecule has 5 heteroatoms. The lowest BCUT2D eigenvalue weighted by Gasteiger charge is -2.11. The minimum absolute atomic E-state index is 0.00648. The zero-order valence-corrected chi connectivity index (χ0v) is 12.4. The third-order valence-electron chi connectivity index (χ3n) is 2.99.